The van der Waals surface area contributed by atoms with E-state index in [9.17, 15) is 4.39 Å². The molecule has 0 spiro atoms. The molecule has 0 radical (unpaired) electrons. The van der Waals surface area contributed by atoms with E-state index in [4.69, 9.17) is 4.74 Å². The van der Waals surface area contributed by atoms with Crippen LogP contribution in [-0.2, 0) is 6.42 Å². The normalized spacial score (nSPS) is 9.94. The zero-order chi connectivity index (χ0) is 12.8. The van der Waals surface area contributed by atoms with E-state index in [2.05, 4.69) is 37.2 Å². The zero-order valence-electron chi connectivity index (χ0n) is 9.69. The molecule has 1 aromatic rings. The van der Waals surface area contributed by atoms with Crippen molar-refractivity contribution in [1.82, 2.24) is 0 Å². The number of anilines is 1. The molecule has 1 N–H and O–H groups in total. The van der Waals surface area contributed by atoms with Crippen LogP contribution in [0.4, 0.5) is 10.1 Å². The second-order valence-electron chi connectivity index (χ2n) is 3.35. The number of ether oxygens (including phenoxy) is 1. The maximum absolute atomic E-state index is 13.7. The van der Waals surface area contributed by atoms with Crippen LogP contribution in [0.3, 0.4) is 0 Å². The second kappa shape index (κ2) is 7.01. The Balaban J connectivity index is 2.88. The lowest BCUT2D eigenvalue weighted by molar-refractivity contribution is 0.360. The molecule has 0 aliphatic rings. The number of benzene rings is 1. The summed E-state index contributed by atoms with van der Waals surface area (Å²) in [5, 5.41) is 2.86. The summed E-state index contributed by atoms with van der Waals surface area (Å²) in [7, 11) is 1.71. The maximum atomic E-state index is 13.7. The van der Waals surface area contributed by atoms with Crippen LogP contribution < -0.4 is 10.1 Å². The molecule has 17 heavy (non-hydrogen) atoms. The van der Waals surface area contributed by atoms with Crippen molar-refractivity contribution in [1.29, 1.82) is 0 Å². The lowest BCUT2D eigenvalue weighted by Crippen LogP contribution is -2.01. The minimum absolute atomic E-state index is 0.288. The summed E-state index contributed by atoms with van der Waals surface area (Å²) in [6.07, 6.45) is 2.55. The van der Waals surface area contributed by atoms with Gasteiger partial charge in [-0.1, -0.05) is 6.92 Å². The molecule has 0 bridgehead atoms. The predicted octanol–water partition coefficient (Wildman–Crippen LogP) is 4.44. The third-order valence-electron chi connectivity index (χ3n) is 2.26. The molecule has 0 aliphatic carbocycles. The van der Waals surface area contributed by atoms with Crippen LogP contribution in [0.15, 0.2) is 21.6 Å². The van der Waals surface area contributed by atoms with Crippen LogP contribution in [0.25, 0.3) is 0 Å². The average Bonchev–Trinajstić information content (AvgIpc) is 2.27. The molecule has 0 heterocycles. The van der Waals surface area contributed by atoms with Crippen LogP contribution in [0.5, 0.6) is 5.75 Å². The Labute approximate surface area is 117 Å². The first-order chi connectivity index (χ1) is 8.08. The van der Waals surface area contributed by atoms with Gasteiger partial charge in [-0.2, -0.15) is 0 Å². The smallest absolute Gasteiger partial charge is 0.150 e. The van der Waals surface area contributed by atoms with E-state index in [-0.39, 0.29) is 5.82 Å². The minimum atomic E-state index is -0.288. The van der Waals surface area contributed by atoms with Gasteiger partial charge in [-0.3, -0.25) is 0 Å². The molecule has 94 valence electrons. The predicted molar refractivity (Wildman–Crippen MR) is 76.8 cm³/mol. The van der Waals surface area contributed by atoms with Crippen molar-refractivity contribution in [3.63, 3.8) is 0 Å². The lowest BCUT2D eigenvalue weighted by atomic mass is 10.1. The average molecular weight is 367 g/mol. The first-order valence-corrected chi connectivity index (χ1v) is 6.81. The molecular weight excluding hydrogens is 353 g/mol. The lowest BCUT2D eigenvalue weighted by Gasteiger charge is -2.11. The monoisotopic (exact) mass is 365 g/mol. The number of nitrogens with one attached hydrogen (secondary N) is 1. The highest BCUT2D eigenvalue weighted by Crippen LogP contribution is 2.26. The quantitative estimate of drug-likeness (QED) is 0.831. The van der Waals surface area contributed by atoms with Gasteiger partial charge in [0.25, 0.3) is 0 Å². The summed E-state index contributed by atoms with van der Waals surface area (Å²) in [6.45, 7) is 2.36. The van der Waals surface area contributed by atoms with Gasteiger partial charge in [0.1, 0.15) is 18.2 Å². The molecule has 0 unspecified atom stereocenters. The Hall–Kier alpha value is -0.550. The van der Waals surface area contributed by atoms with E-state index in [1.165, 1.54) is 6.07 Å². The molecule has 1 aromatic carbocycles. The van der Waals surface area contributed by atoms with E-state index < -0.39 is 0 Å². The number of halogens is 3. The van der Waals surface area contributed by atoms with Crippen LogP contribution in [-0.4, -0.2) is 13.7 Å². The van der Waals surface area contributed by atoms with Crippen LogP contribution in [0.2, 0.25) is 0 Å². The molecule has 0 aliphatic heterocycles. The van der Waals surface area contributed by atoms with Gasteiger partial charge in [0.2, 0.25) is 0 Å². The molecule has 1 rings (SSSR count). The minimum Gasteiger partial charge on any atom is -0.489 e. The van der Waals surface area contributed by atoms with Gasteiger partial charge < -0.3 is 10.1 Å². The second-order valence-corrected chi connectivity index (χ2v) is 6.12. The first kappa shape index (κ1) is 14.5. The summed E-state index contributed by atoms with van der Waals surface area (Å²) in [5.74, 6) is 0.250. The molecular formula is C12H14Br2FNO. The maximum Gasteiger partial charge on any atom is 0.150 e. The van der Waals surface area contributed by atoms with E-state index in [0.717, 1.165) is 15.4 Å². The van der Waals surface area contributed by atoms with E-state index in [0.29, 0.717) is 18.0 Å². The van der Waals surface area contributed by atoms with Crippen molar-refractivity contribution >= 4 is 37.5 Å². The fourth-order valence-corrected chi connectivity index (χ4v) is 1.74. The fourth-order valence-electron chi connectivity index (χ4n) is 1.48. The molecule has 0 aromatic heterocycles. The highest BCUT2D eigenvalue weighted by Gasteiger charge is 2.08. The van der Waals surface area contributed by atoms with E-state index in [1.54, 1.807) is 13.1 Å². The van der Waals surface area contributed by atoms with Crippen LogP contribution in [0, 0.1) is 5.82 Å². The SMILES string of the molecule is CCc1cc(OCC=C(Br)Br)cc(F)c1NC. The largest absolute Gasteiger partial charge is 0.489 e. The molecule has 0 atom stereocenters. The number of hydrogen-bond donors (Lipinski definition) is 1. The molecule has 0 saturated carbocycles. The molecule has 0 fully saturated rings. The number of aryl methyl sites for hydroxylation is 1. The Kier molecular flexibility index (Phi) is 5.98. The van der Waals surface area contributed by atoms with Gasteiger partial charge in [-0.25, -0.2) is 4.39 Å². The van der Waals surface area contributed by atoms with Crippen molar-refractivity contribution in [2.75, 3.05) is 19.0 Å². The van der Waals surface area contributed by atoms with Crippen molar-refractivity contribution in [2.45, 2.75) is 13.3 Å². The standard InChI is InChI=1S/C12H14Br2FNO/c1-3-8-6-9(17-5-4-11(13)14)7-10(15)12(8)16-2/h4,6-7,16H,3,5H2,1-2H3. The Bertz CT molecular complexity index is 417. The highest BCUT2D eigenvalue weighted by atomic mass is 79.9. The molecule has 5 heteroatoms. The van der Waals surface area contributed by atoms with Gasteiger partial charge in [0, 0.05) is 13.1 Å². The van der Waals surface area contributed by atoms with Crippen LogP contribution in [0.1, 0.15) is 12.5 Å². The Morgan fingerprint density at radius 3 is 2.71 bits per heavy atom. The first-order valence-electron chi connectivity index (χ1n) is 5.22. The van der Waals surface area contributed by atoms with Gasteiger partial charge in [-0.15, -0.1) is 0 Å². The van der Waals surface area contributed by atoms with Crippen molar-refractivity contribution in [2.24, 2.45) is 0 Å². The summed E-state index contributed by atoms with van der Waals surface area (Å²) >= 11 is 6.45. The van der Waals surface area contributed by atoms with E-state index >= 15 is 0 Å². The Morgan fingerprint density at radius 1 is 1.47 bits per heavy atom. The fraction of sp³-hybridized carbons (Fsp3) is 0.333. The van der Waals surface area contributed by atoms with Gasteiger partial charge in [0.05, 0.1) is 9.08 Å². The summed E-state index contributed by atoms with van der Waals surface area (Å²) in [5.41, 5.74) is 1.45. The molecule has 2 nitrogen and oxygen atoms in total. The summed E-state index contributed by atoms with van der Waals surface area (Å²) in [4.78, 5) is 0. The third-order valence-corrected chi connectivity index (χ3v) is 2.91. The molecule has 0 amide bonds. The number of hydrogen-bond acceptors (Lipinski definition) is 2. The van der Waals surface area contributed by atoms with Crippen LogP contribution >= 0.6 is 31.9 Å². The van der Waals surface area contributed by atoms with Crippen molar-refractivity contribution < 1.29 is 9.13 Å². The summed E-state index contributed by atoms with van der Waals surface area (Å²) in [6, 6.07) is 3.24. The van der Waals surface area contributed by atoms with Crippen molar-refractivity contribution in [3.8, 4) is 5.75 Å². The zero-order valence-corrected chi connectivity index (χ0v) is 12.9. The van der Waals surface area contributed by atoms with Crippen molar-refractivity contribution in [3.05, 3.63) is 33.0 Å². The topological polar surface area (TPSA) is 21.3 Å². The van der Waals surface area contributed by atoms with Gasteiger partial charge in [-0.05, 0) is 56.0 Å². The van der Waals surface area contributed by atoms with Gasteiger partial charge in [0.15, 0.2) is 0 Å². The molecule has 0 saturated heterocycles. The highest BCUT2D eigenvalue weighted by molar-refractivity contribution is 9.28. The third kappa shape index (κ3) is 4.32. The summed E-state index contributed by atoms with van der Waals surface area (Å²) < 4.78 is 20.0. The Morgan fingerprint density at radius 2 is 2.18 bits per heavy atom. The van der Waals surface area contributed by atoms with E-state index in [1.807, 2.05) is 13.0 Å². The number of rotatable bonds is 5. The van der Waals surface area contributed by atoms with Gasteiger partial charge >= 0.3 is 0 Å².